The van der Waals surface area contributed by atoms with Crippen LogP contribution in [0.5, 0.6) is 0 Å². The van der Waals surface area contributed by atoms with Gasteiger partial charge in [0.15, 0.2) is 5.78 Å². The summed E-state index contributed by atoms with van der Waals surface area (Å²) in [6, 6.07) is 9.64. The molecule has 0 aromatic heterocycles. The van der Waals surface area contributed by atoms with Gasteiger partial charge in [-0.2, -0.15) is 0 Å². The summed E-state index contributed by atoms with van der Waals surface area (Å²) < 4.78 is 0. The number of allylic oxidation sites excluding steroid dienone is 2. The Balaban J connectivity index is 2.74. The van der Waals surface area contributed by atoms with Crippen LogP contribution in [-0.4, -0.2) is 5.78 Å². The standard InChI is InChI=1S/C11H13NO/c1-3-11(9(2)13)12-10-7-5-4-6-8-10/h3-8,12H,1-2H3/b11-3-. The fourth-order valence-corrected chi connectivity index (χ4v) is 1.04. The van der Waals surface area contributed by atoms with Crippen molar-refractivity contribution in [3.05, 3.63) is 42.1 Å². The molecule has 0 heterocycles. The van der Waals surface area contributed by atoms with Gasteiger partial charge in [0.25, 0.3) is 0 Å². The van der Waals surface area contributed by atoms with E-state index < -0.39 is 0 Å². The Bertz CT molecular complexity index is 314. The van der Waals surface area contributed by atoms with Gasteiger partial charge in [-0.1, -0.05) is 24.3 Å². The third-order valence-electron chi connectivity index (χ3n) is 1.72. The minimum atomic E-state index is 0.0475. The molecule has 0 aliphatic carbocycles. The van der Waals surface area contributed by atoms with Crippen LogP contribution in [0.2, 0.25) is 0 Å². The number of carbonyl (C=O) groups excluding carboxylic acids is 1. The highest BCUT2D eigenvalue weighted by molar-refractivity contribution is 5.96. The van der Waals surface area contributed by atoms with Gasteiger partial charge in [0.05, 0.1) is 5.70 Å². The molecule has 68 valence electrons. The summed E-state index contributed by atoms with van der Waals surface area (Å²) in [5, 5.41) is 3.04. The maximum Gasteiger partial charge on any atom is 0.175 e. The molecule has 0 radical (unpaired) electrons. The number of anilines is 1. The SMILES string of the molecule is C/C=C(\Nc1ccccc1)C(C)=O. The molecule has 0 atom stereocenters. The molecule has 0 aliphatic heterocycles. The fourth-order valence-electron chi connectivity index (χ4n) is 1.04. The Kier molecular flexibility index (Phi) is 3.26. The molecule has 2 nitrogen and oxygen atoms in total. The smallest absolute Gasteiger partial charge is 0.175 e. The Labute approximate surface area is 78.3 Å². The van der Waals surface area contributed by atoms with E-state index in [9.17, 15) is 4.79 Å². The van der Waals surface area contributed by atoms with E-state index in [1.165, 1.54) is 0 Å². The summed E-state index contributed by atoms with van der Waals surface area (Å²) >= 11 is 0. The number of rotatable bonds is 3. The fraction of sp³-hybridized carbons (Fsp3) is 0.182. The zero-order chi connectivity index (χ0) is 9.68. The number of nitrogens with one attached hydrogen (secondary N) is 1. The molecule has 2 heteroatoms. The van der Waals surface area contributed by atoms with Crippen molar-refractivity contribution in [2.45, 2.75) is 13.8 Å². The Morgan fingerprint density at radius 1 is 1.31 bits per heavy atom. The maximum absolute atomic E-state index is 11.0. The second-order valence-corrected chi connectivity index (χ2v) is 2.75. The van der Waals surface area contributed by atoms with Crippen molar-refractivity contribution < 1.29 is 4.79 Å². The molecule has 1 aromatic carbocycles. The van der Waals surface area contributed by atoms with Crippen molar-refractivity contribution in [1.29, 1.82) is 0 Å². The molecule has 0 amide bonds. The first-order valence-corrected chi connectivity index (χ1v) is 4.23. The number of hydrogen-bond acceptors (Lipinski definition) is 2. The van der Waals surface area contributed by atoms with Gasteiger partial charge < -0.3 is 5.32 Å². The number of para-hydroxylation sites is 1. The van der Waals surface area contributed by atoms with Crippen LogP contribution in [0.15, 0.2) is 42.1 Å². The summed E-state index contributed by atoms with van der Waals surface area (Å²) in [5.41, 5.74) is 1.57. The van der Waals surface area contributed by atoms with Crippen molar-refractivity contribution in [2.24, 2.45) is 0 Å². The van der Waals surface area contributed by atoms with Gasteiger partial charge in [0, 0.05) is 12.6 Å². The number of benzene rings is 1. The van der Waals surface area contributed by atoms with Crippen LogP contribution in [-0.2, 0) is 4.79 Å². The lowest BCUT2D eigenvalue weighted by atomic mass is 10.2. The van der Waals surface area contributed by atoms with Gasteiger partial charge in [-0.15, -0.1) is 0 Å². The van der Waals surface area contributed by atoms with Crippen LogP contribution in [0.4, 0.5) is 5.69 Å². The third kappa shape index (κ3) is 2.75. The van der Waals surface area contributed by atoms with Crippen molar-refractivity contribution in [3.8, 4) is 0 Å². The molecule has 13 heavy (non-hydrogen) atoms. The lowest BCUT2D eigenvalue weighted by molar-refractivity contribution is -0.113. The zero-order valence-corrected chi connectivity index (χ0v) is 7.87. The van der Waals surface area contributed by atoms with Gasteiger partial charge in [-0.05, 0) is 19.1 Å². The summed E-state index contributed by atoms with van der Waals surface area (Å²) in [6.07, 6.45) is 1.77. The van der Waals surface area contributed by atoms with Crippen LogP contribution in [0.25, 0.3) is 0 Å². The molecule has 1 rings (SSSR count). The molecule has 0 spiro atoms. The van der Waals surface area contributed by atoms with E-state index >= 15 is 0 Å². The van der Waals surface area contributed by atoms with Crippen LogP contribution in [0.1, 0.15) is 13.8 Å². The third-order valence-corrected chi connectivity index (χ3v) is 1.72. The first kappa shape index (κ1) is 9.52. The second-order valence-electron chi connectivity index (χ2n) is 2.75. The number of Topliss-reactive ketones (excluding diaryl/α,β-unsaturated/α-hetero) is 1. The zero-order valence-electron chi connectivity index (χ0n) is 7.87. The maximum atomic E-state index is 11.0. The summed E-state index contributed by atoms with van der Waals surface area (Å²) in [6.45, 7) is 3.39. The average Bonchev–Trinajstić information content (AvgIpc) is 2.15. The quantitative estimate of drug-likeness (QED) is 0.715. The van der Waals surface area contributed by atoms with Crippen LogP contribution in [0.3, 0.4) is 0 Å². The Morgan fingerprint density at radius 3 is 2.38 bits per heavy atom. The van der Waals surface area contributed by atoms with E-state index in [1.54, 1.807) is 13.0 Å². The summed E-state index contributed by atoms with van der Waals surface area (Å²) in [4.78, 5) is 11.0. The molecular weight excluding hydrogens is 162 g/mol. The molecule has 0 saturated carbocycles. The van der Waals surface area contributed by atoms with Gasteiger partial charge in [-0.3, -0.25) is 4.79 Å². The van der Waals surface area contributed by atoms with Gasteiger partial charge in [0.1, 0.15) is 0 Å². The Hall–Kier alpha value is -1.57. The number of hydrogen-bond donors (Lipinski definition) is 1. The highest BCUT2D eigenvalue weighted by Crippen LogP contribution is 2.09. The van der Waals surface area contributed by atoms with Gasteiger partial charge in [-0.25, -0.2) is 0 Å². The van der Waals surface area contributed by atoms with E-state index in [2.05, 4.69) is 5.32 Å². The van der Waals surface area contributed by atoms with Crippen molar-refractivity contribution in [1.82, 2.24) is 0 Å². The summed E-state index contributed by atoms with van der Waals surface area (Å²) in [7, 11) is 0. The Morgan fingerprint density at radius 2 is 1.92 bits per heavy atom. The minimum absolute atomic E-state index is 0.0475. The largest absolute Gasteiger partial charge is 0.353 e. The first-order chi connectivity index (χ1) is 6.24. The van der Waals surface area contributed by atoms with E-state index in [-0.39, 0.29) is 5.78 Å². The lowest BCUT2D eigenvalue weighted by Crippen LogP contribution is -2.07. The molecule has 0 fully saturated rings. The molecule has 0 unspecified atom stereocenters. The van der Waals surface area contributed by atoms with Crippen LogP contribution < -0.4 is 5.32 Å². The van der Waals surface area contributed by atoms with E-state index in [4.69, 9.17) is 0 Å². The average molecular weight is 175 g/mol. The lowest BCUT2D eigenvalue weighted by Gasteiger charge is -2.06. The van der Waals surface area contributed by atoms with Crippen LogP contribution in [0, 0.1) is 0 Å². The molecule has 1 N–H and O–H groups in total. The van der Waals surface area contributed by atoms with Crippen molar-refractivity contribution in [3.63, 3.8) is 0 Å². The topological polar surface area (TPSA) is 29.1 Å². The predicted molar refractivity (Wildman–Crippen MR) is 54.5 cm³/mol. The molecule has 0 saturated heterocycles. The van der Waals surface area contributed by atoms with Gasteiger partial charge >= 0.3 is 0 Å². The number of carbonyl (C=O) groups is 1. The van der Waals surface area contributed by atoms with Crippen molar-refractivity contribution >= 4 is 11.5 Å². The highest BCUT2D eigenvalue weighted by atomic mass is 16.1. The van der Waals surface area contributed by atoms with Gasteiger partial charge in [0.2, 0.25) is 0 Å². The summed E-state index contributed by atoms with van der Waals surface area (Å²) in [5.74, 6) is 0.0475. The molecule has 0 bridgehead atoms. The van der Waals surface area contributed by atoms with Crippen LogP contribution >= 0.6 is 0 Å². The van der Waals surface area contributed by atoms with Crippen molar-refractivity contribution in [2.75, 3.05) is 5.32 Å². The molecular formula is C11H13NO. The normalized spacial score (nSPS) is 11.1. The predicted octanol–water partition coefficient (Wildman–Crippen LogP) is 2.59. The first-order valence-electron chi connectivity index (χ1n) is 4.23. The number of ketones is 1. The highest BCUT2D eigenvalue weighted by Gasteiger charge is 2.00. The monoisotopic (exact) mass is 175 g/mol. The van der Waals surface area contributed by atoms with E-state index in [0.29, 0.717) is 5.70 Å². The second kappa shape index (κ2) is 4.45. The minimum Gasteiger partial charge on any atom is -0.353 e. The molecule has 1 aromatic rings. The van der Waals surface area contributed by atoms with E-state index in [0.717, 1.165) is 5.69 Å². The van der Waals surface area contributed by atoms with E-state index in [1.807, 2.05) is 37.3 Å². The molecule has 0 aliphatic rings.